The van der Waals surface area contributed by atoms with Crippen molar-refractivity contribution in [2.45, 2.75) is 47.1 Å². The molecule has 1 heterocycles. The number of hydrogen-bond acceptors (Lipinski definition) is 6. The van der Waals surface area contributed by atoms with Gasteiger partial charge >= 0.3 is 18.0 Å². The van der Waals surface area contributed by atoms with Crippen LogP contribution in [0.5, 0.6) is 0 Å². The maximum atomic E-state index is 12.3. The predicted octanol–water partition coefficient (Wildman–Crippen LogP) is 3.33. The van der Waals surface area contributed by atoms with Crippen molar-refractivity contribution in [1.82, 2.24) is 5.32 Å². The van der Waals surface area contributed by atoms with E-state index >= 15 is 0 Å². The van der Waals surface area contributed by atoms with Gasteiger partial charge in [0.15, 0.2) is 0 Å². The lowest BCUT2D eigenvalue weighted by atomic mass is 10.1. The van der Waals surface area contributed by atoms with E-state index in [1.54, 1.807) is 41.5 Å². The van der Waals surface area contributed by atoms with Gasteiger partial charge in [-0.1, -0.05) is 0 Å². The van der Waals surface area contributed by atoms with Gasteiger partial charge in [0, 0.05) is 6.54 Å². The monoisotopic (exact) mass is 356 g/mol. The number of esters is 2. The number of nitrogens with one attached hydrogen (secondary N) is 2. The van der Waals surface area contributed by atoms with Crippen molar-refractivity contribution in [1.29, 1.82) is 0 Å². The van der Waals surface area contributed by atoms with Crippen LogP contribution in [0, 0.1) is 6.92 Å². The van der Waals surface area contributed by atoms with Crippen molar-refractivity contribution >= 4 is 34.3 Å². The molecule has 1 aromatic rings. The summed E-state index contributed by atoms with van der Waals surface area (Å²) >= 11 is 0.996. The van der Waals surface area contributed by atoms with Gasteiger partial charge in [-0.15, -0.1) is 11.3 Å². The van der Waals surface area contributed by atoms with E-state index in [1.165, 1.54) is 0 Å². The second-order valence-electron chi connectivity index (χ2n) is 5.97. The molecule has 0 unspecified atom stereocenters. The molecule has 0 aromatic carbocycles. The molecular formula is C16H24N2O5S. The predicted molar refractivity (Wildman–Crippen MR) is 92.9 cm³/mol. The molecule has 8 heteroatoms. The zero-order chi connectivity index (χ0) is 18.5. The highest BCUT2D eigenvalue weighted by Gasteiger charge is 2.29. The lowest BCUT2D eigenvalue weighted by molar-refractivity contribution is 0.00745. The molecule has 0 saturated carbocycles. The highest BCUT2D eigenvalue weighted by atomic mass is 32.1. The van der Waals surface area contributed by atoms with Crippen LogP contribution >= 0.6 is 11.3 Å². The standard InChI is InChI=1S/C16H24N2O5S/c1-7-17-15(21)18-12-10(13(19)22-8-2)9(3)11(24-12)14(20)23-16(4,5)6/h7-8H2,1-6H3,(H2,17,18,21). The Hall–Kier alpha value is -2.09. The number of anilines is 1. The van der Waals surface area contributed by atoms with Crippen LogP contribution in [0.25, 0.3) is 0 Å². The van der Waals surface area contributed by atoms with Crippen LogP contribution in [0.4, 0.5) is 9.80 Å². The summed E-state index contributed by atoms with van der Waals surface area (Å²) in [4.78, 5) is 36.6. The summed E-state index contributed by atoms with van der Waals surface area (Å²) in [5.74, 6) is -1.13. The molecule has 0 aliphatic carbocycles. The molecule has 0 aliphatic rings. The third-order valence-corrected chi connectivity index (χ3v) is 3.96. The highest BCUT2D eigenvalue weighted by Crippen LogP contribution is 2.34. The van der Waals surface area contributed by atoms with Crippen molar-refractivity contribution in [2.75, 3.05) is 18.5 Å². The van der Waals surface area contributed by atoms with Gasteiger partial charge in [-0.05, 0) is 47.1 Å². The fourth-order valence-corrected chi connectivity index (χ4v) is 2.94. The fraction of sp³-hybridized carbons (Fsp3) is 0.562. The molecular weight excluding hydrogens is 332 g/mol. The molecule has 0 spiro atoms. The Kier molecular flexibility index (Phi) is 6.77. The first-order valence-corrected chi connectivity index (χ1v) is 8.51. The van der Waals surface area contributed by atoms with Crippen LogP contribution in [-0.4, -0.2) is 36.7 Å². The first-order chi connectivity index (χ1) is 11.1. The SMILES string of the molecule is CCNC(=O)Nc1sc(C(=O)OC(C)(C)C)c(C)c1C(=O)OCC. The van der Waals surface area contributed by atoms with Gasteiger partial charge in [-0.3, -0.25) is 5.32 Å². The number of ether oxygens (including phenoxy) is 2. The van der Waals surface area contributed by atoms with E-state index in [9.17, 15) is 14.4 Å². The van der Waals surface area contributed by atoms with Crippen molar-refractivity contribution in [3.05, 3.63) is 16.0 Å². The molecule has 24 heavy (non-hydrogen) atoms. The molecule has 1 aromatic heterocycles. The minimum absolute atomic E-state index is 0.175. The molecule has 0 bridgehead atoms. The second kappa shape index (κ2) is 8.14. The van der Waals surface area contributed by atoms with Crippen LogP contribution < -0.4 is 10.6 Å². The molecule has 0 saturated heterocycles. The molecule has 0 aliphatic heterocycles. The quantitative estimate of drug-likeness (QED) is 0.789. The number of hydrogen-bond donors (Lipinski definition) is 2. The van der Waals surface area contributed by atoms with Gasteiger partial charge in [-0.2, -0.15) is 0 Å². The van der Waals surface area contributed by atoms with Crippen LogP contribution in [0.15, 0.2) is 0 Å². The number of thiophene rings is 1. The van der Waals surface area contributed by atoms with E-state index < -0.39 is 23.6 Å². The molecule has 2 N–H and O–H groups in total. The number of amides is 2. The van der Waals surface area contributed by atoms with Crippen molar-refractivity contribution in [2.24, 2.45) is 0 Å². The Labute approximate surface area is 145 Å². The summed E-state index contributed by atoms with van der Waals surface area (Å²) in [6.07, 6.45) is 0. The smallest absolute Gasteiger partial charge is 0.349 e. The first-order valence-electron chi connectivity index (χ1n) is 7.69. The zero-order valence-electron chi connectivity index (χ0n) is 14.9. The van der Waals surface area contributed by atoms with E-state index in [0.29, 0.717) is 12.1 Å². The van der Waals surface area contributed by atoms with Crippen molar-refractivity contribution < 1.29 is 23.9 Å². The highest BCUT2D eigenvalue weighted by molar-refractivity contribution is 7.18. The summed E-state index contributed by atoms with van der Waals surface area (Å²) < 4.78 is 10.4. The number of carbonyl (C=O) groups is 3. The molecule has 0 atom stereocenters. The average Bonchev–Trinajstić information content (AvgIpc) is 2.74. The molecule has 0 radical (unpaired) electrons. The van der Waals surface area contributed by atoms with Crippen LogP contribution in [0.3, 0.4) is 0 Å². The van der Waals surface area contributed by atoms with Gasteiger partial charge in [0.05, 0.1) is 12.2 Å². The normalized spacial score (nSPS) is 10.9. The summed E-state index contributed by atoms with van der Waals surface area (Å²) in [5, 5.41) is 5.43. The van der Waals surface area contributed by atoms with Gasteiger partial charge in [0.1, 0.15) is 15.5 Å². The Morgan fingerprint density at radius 3 is 2.25 bits per heavy atom. The Bertz CT molecular complexity index is 631. The lowest BCUT2D eigenvalue weighted by Crippen LogP contribution is -2.28. The van der Waals surface area contributed by atoms with E-state index in [2.05, 4.69) is 10.6 Å². The Morgan fingerprint density at radius 2 is 1.75 bits per heavy atom. The molecule has 0 fully saturated rings. The Morgan fingerprint density at radius 1 is 1.12 bits per heavy atom. The molecule has 7 nitrogen and oxygen atoms in total. The summed E-state index contributed by atoms with van der Waals surface area (Å²) in [6, 6.07) is -0.458. The van der Waals surface area contributed by atoms with Gasteiger partial charge < -0.3 is 14.8 Å². The lowest BCUT2D eigenvalue weighted by Gasteiger charge is -2.19. The third-order valence-electron chi connectivity index (χ3n) is 2.78. The number of carbonyl (C=O) groups excluding carboxylic acids is 3. The van der Waals surface area contributed by atoms with Gasteiger partial charge in [0.2, 0.25) is 0 Å². The minimum atomic E-state index is -0.662. The van der Waals surface area contributed by atoms with Crippen LogP contribution in [0.1, 0.15) is 60.2 Å². The summed E-state index contributed by atoms with van der Waals surface area (Å²) in [6.45, 7) is 11.0. The molecule has 2 amide bonds. The van der Waals surface area contributed by atoms with Crippen molar-refractivity contribution in [3.8, 4) is 0 Å². The first kappa shape index (κ1) is 20.0. The summed E-state index contributed by atoms with van der Waals surface area (Å²) in [5.41, 5.74) is -0.0569. The topological polar surface area (TPSA) is 93.7 Å². The second-order valence-corrected chi connectivity index (χ2v) is 6.99. The number of urea groups is 1. The third kappa shape index (κ3) is 5.23. The maximum absolute atomic E-state index is 12.3. The van der Waals surface area contributed by atoms with Crippen LogP contribution in [0.2, 0.25) is 0 Å². The van der Waals surface area contributed by atoms with Gasteiger partial charge in [0.25, 0.3) is 0 Å². The Balaban J connectivity index is 3.25. The van der Waals surface area contributed by atoms with E-state index in [4.69, 9.17) is 9.47 Å². The van der Waals surface area contributed by atoms with E-state index in [1.807, 2.05) is 0 Å². The minimum Gasteiger partial charge on any atom is -0.462 e. The average molecular weight is 356 g/mol. The van der Waals surface area contributed by atoms with E-state index in [0.717, 1.165) is 11.3 Å². The maximum Gasteiger partial charge on any atom is 0.349 e. The largest absolute Gasteiger partial charge is 0.462 e. The van der Waals surface area contributed by atoms with Gasteiger partial charge in [-0.25, -0.2) is 14.4 Å². The zero-order valence-corrected chi connectivity index (χ0v) is 15.7. The number of rotatable bonds is 5. The van der Waals surface area contributed by atoms with Crippen molar-refractivity contribution in [3.63, 3.8) is 0 Å². The fourth-order valence-electron chi connectivity index (χ4n) is 1.88. The van der Waals surface area contributed by atoms with E-state index in [-0.39, 0.29) is 22.0 Å². The summed E-state index contributed by atoms with van der Waals surface area (Å²) in [7, 11) is 0. The van der Waals surface area contributed by atoms with Crippen LogP contribution in [-0.2, 0) is 9.47 Å². The molecule has 1 rings (SSSR count). The molecule has 134 valence electrons.